The van der Waals surface area contributed by atoms with Crippen LogP contribution in [0.4, 0.5) is 8.78 Å². The van der Waals surface area contributed by atoms with Gasteiger partial charge in [0.25, 0.3) is 0 Å². The molecule has 1 heterocycles. The standard InChI is InChI=1S/C22H23F2NO2/c1-12(2)18-10-19-15(8-22(26)27-21(19)7-13(18)3)11-25-14(4)17-6-5-16(23)9-20(17)24/h5-10,12,14,25H,11H2,1-4H3/t14-/m0/s1. The van der Waals surface area contributed by atoms with Gasteiger partial charge in [-0.25, -0.2) is 13.6 Å². The second kappa shape index (κ2) is 7.61. The lowest BCUT2D eigenvalue weighted by atomic mass is 9.95. The fourth-order valence-corrected chi connectivity index (χ4v) is 3.39. The van der Waals surface area contributed by atoms with Gasteiger partial charge in [0.05, 0.1) is 0 Å². The van der Waals surface area contributed by atoms with Crippen LogP contribution in [0.2, 0.25) is 0 Å². The molecule has 0 aliphatic rings. The Morgan fingerprint density at radius 1 is 1.04 bits per heavy atom. The van der Waals surface area contributed by atoms with Crippen LogP contribution in [0.3, 0.4) is 0 Å². The monoisotopic (exact) mass is 371 g/mol. The van der Waals surface area contributed by atoms with Crippen molar-refractivity contribution in [2.45, 2.75) is 46.2 Å². The Morgan fingerprint density at radius 3 is 2.44 bits per heavy atom. The van der Waals surface area contributed by atoms with Crippen LogP contribution in [-0.4, -0.2) is 0 Å². The zero-order valence-corrected chi connectivity index (χ0v) is 15.9. The molecule has 27 heavy (non-hydrogen) atoms. The van der Waals surface area contributed by atoms with Crippen LogP contribution in [0.15, 0.2) is 45.6 Å². The molecule has 3 nitrogen and oxygen atoms in total. The van der Waals surface area contributed by atoms with Crippen molar-refractivity contribution in [3.63, 3.8) is 0 Å². The molecule has 1 N–H and O–H groups in total. The quantitative estimate of drug-likeness (QED) is 0.615. The Labute approximate surface area is 157 Å². The van der Waals surface area contributed by atoms with Crippen molar-refractivity contribution >= 4 is 11.0 Å². The van der Waals surface area contributed by atoms with Crippen molar-refractivity contribution in [2.75, 3.05) is 0 Å². The van der Waals surface area contributed by atoms with E-state index < -0.39 is 17.3 Å². The first-order valence-electron chi connectivity index (χ1n) is 9.02. The molecule has 1 atom stereocenters. The average molecular weight is 371 g/mol. The molecule has 0 fully saturated rings. The number of nitrogens with one attached hydrogen (secondary N) is 1. The first-order valence-corrected chi connectivity index (χ1v) is 9.02. The van der Waals surface area contributed by atoms with Gasteiger partial charge in [-0.15, -0.1) is 0 Å². The maximum absolute atomic E-state index is 14.0. The summed E-state index contributed by atoms with van der Waals surface area (Å²) in [6, 6.07) is 8.60. The summed E-state index contributed by atoms with van der Waals surface area (Å²) in [6.45, 7) is 8.39. The Hall–Kier alpha value is -2.53. The zero-order valence-electron chi connectivity index (χ0n) is 15.9. The SMILES string of the molecule is Cc1cc2oc(=O)cc(CN[C@@H](C)c3ccc(F)cc3F)c2cc1C(C)C. The van der Waals surface area contributed by atoms with Gasteiger partial charge < -0.3 is 9.73 Å². The number of hydrogen-bond donors (Lipinski definition) is 1. The second-order valence-corrected chi connectivity index (χ2v) is 7.22. The molecule has 3 rings (SSSR count). The molecule has 0 saturated carbocycles. The first kappa shape index (κ1) is 19.2. The molecule has 0 bridgehead atoms. The minimum Gasteiger partial charge on any atom is -0.423 e. The predicted octanol–water partition coefficient (Wildman–Crippen LogP) is 5.35. The minimum atomic E-state index is -0.605. The Bertz CT molecular complexity index is 1040. The number of hydrogen-bond acceptors (Lipinski definition) is 3. The van der Waals surface area contributed by atoms with E-state index in [2.05, 4.69) is 25.2 Å². The van der Waals surface area contributed by atoms with E-state index in [-0.39, 0.29) is 6.04 Å². The average Bonchev–Trinajstić information content (AvgIpc) is 2.58. The van der Waals surface area contributed by atoms with Crippen molar-refractivity contribution in [3.8, 4) is 0 Å². The third kappa shape index (κ3) is 4.08. The van der Waals surface area contributed by atoms with E-state index in [0.29, 0.717) is 23.6 Å². The van der Waals surface area contributed by atoms with Crippen LogP contribution in [0.25, 0.3) is 11.0 Å². The van der Waals surface area contributed by atoms with Gasteiger partial charge in [-0.05, 0) is 54.7 Å². The highest BCUT2D eigenvalue weighted by atomic mass is 19.1. The van der Waals surface area contributed by atoms with E-state index >= 15 is 0 Å². The number of aryl methyl sites for hydroxylation is 1. The van der Waals surface area contributed by atoms with Crippen LogP contribution in [-0.2, 0) is 6.54 Å². The van der Waals surface area contributed by atoms with E-state index in [9.17, 15) is 13.6 Å². The summed E-state index contributed by atoms with van der Waals surface area (Å²) in [4.78, 5) is 11.9. The van der Waals surface area contributed by atoms with E-state index in [0.717, 1.165) is 22.6 Å². The van der Waals surface area contributed by atoms with Crippen LogP contribution in [0, 0.1) is 18.6 Å². The number of halogens is 2. The zero-order chi connectivity index (χ0) is 19.7. The number of fused-ring (bicyclic) bond motifs is 1. The normalized spacial score (nSPS) is 12.7. The van der Waals surface area contributed by atoms with Crippen LogP contribution < -0.4 is 10.9 Å². The molecular weight excluding hydrogens is 348 g/mol. The summed E-state index contributed by atoms with van der Waals surface area (Å²) in [7, 11) is 0. The van der Waals surface area contributed by atoms with Crippen LogP contribution in [0.5, 0.6) is 0 Å². The number of benzene rings is 2. The summed E-state index contributed by atoms with van der Waals surface area (Å²) in [5, 5.41) is 4.08. The predicted molar refractivity (Wildman–Crippen MR) is 103 cm³/mol. The maximum Gasteiger partial charge on any atom is 0.336 e. The van der Waals surface area contributed by atoms with E-state index in [1.807, 2.05) is 13.0 Å². The Balaban J connectivity index is 1.94. The second-order valence-electron chi connectivity index (χ2n) is 7.22. The molecule has 0 unspecified atom stereocenters. The summed E-state index contributed by atoms with van der Waals surface area (Å²) >= 11 is 0. The van der Waals surface area contributed by atoms with Crippen LogP contribution >= 0.6 is 0 Å². The van der Waals surface area contributed by atoms with E-state index in [1.165, 1.54) is 23.8 Å². The lowest BCUT2D eigenvalue weighted by Crippen LogP contribution is -2.20. The number of rotatable bonds is 5. The van der Waals surface area contributed by atoms with Gasteiger partial charge in [-0.1, -0.05) is 19.9 Å². The molecule has 0 radical (unpaired) electrons. The lowest BCUT2D eigenvalue weighted by molar-refractivity contribution is 0.515. The Morgan fingerprint density at radius 2 is 1.78 bits per heavy atom. The summed E-state index contributed by atoms with van der Waals surface area (Å²) in [6.07, 6.45) is 0. The molecule has 5 heteroatoms. The third-order valence-electron chi connectivity index (χ3n) is 4.87. The van der Waals surface area contributed by atoms with Gasteiger partial charge >= 0.3 is 5.63 Å². The first-order chi connectivity index (χ1) is 12.8. The molecule has 2 aromatic carbocycles. The fourth-order valence-electron chi connectivity index (χ4n) is 3.39. The van der Waals surface area contributed by atoms with Gasteiger partial charge in [-0.2, -0.15) is 0 Å². The molecule has 0 spiro atoms. The smallest absolute Gasteiger partial charge is 0.336 e. The topological polar surface area (TPSA) is 42.2 Å². The highest BCUT2D eigenvalue weighted by Crippen LogP contribution is 2.27. The largest absolute Gasteiger partial charge is 0.423 e. The van der Waals surface area contributed by atoms with Gasteiger partial charge in [0.1, 0.15) is 17.2 Å². The van der Waals surface area contributed by atoms with Gasteiger partial charge in [-0.3, -0.25) is 0 Å². The molecule has 3 aromatic rings. The summed E-state index contributed by atoms with van der Waals surface area (Å²) in [5.41, 5.74) is 3.56. The highest BCUT2D eigenvalue weighted by Gasteiger charge is 2.14. The van der Waals surface area contributed by atoms with E-state index in [1.54, 1.807) is 6.92 Å². The van der Waals surface area contributed by atoms with Crippen molar-refractivity contribution in [1.29, 1.82) is 0 Å². The molecule has 0 aliphatic carbocycles. The van der Waals surface area contributed by atoms with Crippen LogP contribution in [0.1, 0.15) is 55.0 Å². The van der Waals surface area contributed by atoms with Crippen molar-refractivity contribution in [3.05, 3.63) is 80.7 Å². The summed E-state index contributed by atoms with van der Waals surface area (Å²) in [5.74, 6) is -0.855. The van der Waals surface area contributed by atoms with Crippen molar-refractivity contribution in [2.24, 2.45) is 0 Å². The fraction of sp³-hybridized carbons (Fsp3) is 0.318. The molecule has 142 valence electrons. The highest BCUT2D eigenvalue weighted by molar-refractivity contribution is 5.82. The molecule has 0 aliphatic heterocycles. The van der Waals surface area contributed by atoms with Gasteiger partial charge in [0.15, 0.2) is 0 Å². The van der Waals surface area contributed by atoms with Gasteiger partial charge in [0, 0.05) is 35.7 Å². The lowest BCUT2D eigenvalue weighted by Gasteiger charge is -2.17. The molecule has 0 saturated heterocycles. The van der Waals surface area contributed by atoms with Crippen molar-refractivity contribution in [1.82, 2.24) is 5.32 Å². The molecular formula is C22H23F2NO2. The molecule has 0 amide bonds. The van der Waals surface area contributed by atoms with Gasteiger partial charge in [0.2, 0.25) is 0 Å². The minimum absolute atomic E-state index is 0.342. The van der Waals surface area contributed by atoms with E-state index in [4.69, 9.17) is 4.42 Å². The van der Waals surface area contributed by atoms with Crippen molar-refractivity contribution < 1.29 is 13.2 Å². The summed E-state index contributed by atoms with van der Waals surface area (Å²) < 4.78 is 32.5. The maximum atomic E-state index is 14.0. The molecule has 1 aromatic heterocycles. The Kier molecular flexibility index (Phi) is 5.42. The third-order valence-corrected chi connectivity index (χ3v) is 4.87.